The summed E-state index contributed by atoms with van der Waals surface area (Å²) in [5, 5.41) is 0. The Morgan fingerprint density at radius 2 is 1.03 bits per heavy atom. The second-order valence-corrected chi connectivity index (χ2v) is 6.46. The highest BCUT2D eigenvalue weighted by Gasteiger charge is 2.24. The van der Waals surface area contributed by atoms with Crippen LogP contribution in [-0.2, 0) is 47.7 Å². The van der Waals surface area contributed by atoms with Gasteiger partial charge in [-0.2, -0.15) is 0 Å². The first kappa shape index (κ1) is 31.2. The smallest absolute Gasteiger partial charge is 0.303 e. The molecule has 10 heteroatoms. The monoisotopic (exact) mass is 458 g/mol. The van der Waals surface area contributed by atoms with Crippen molar-refractivity contribution in [3.05, 3.63) is 25.3 Å². The molecule has 4 unspecified atom stereocenters. The van der Waals surface area contributed by atoms with Crippen molar-refractivity contribution in [2.45, 2.75) is 71.9 Å². The van der Waals surface area contributed by atoms with Gasteiger partial charge in [0.05, 0.1) is 12.2 Å². The summed E-state index contributed by atoms with van der Waals surface area (Å²) in [4.78, 5) is 53.4. The summed E-state index contributed by atoms with van der Waals surface area (Å²) in [5.74, 6) is -2.06. The van der Waals surface area contributed by atoms with Crippen LogP contribution in [0.15, 0.2) is 25.3 Å². The lowest BCUT2D eigenvalue weighted by Crippen LogP contribution is -2.33. The van der Waals surface area contributed by atoms with Crippen molar-refractivity contribution in [1.82, 2.24) is 0 Å². The zero-order valence-electron chi connectivity index (χ0n) is 19.4. The summed E-state index contributed by atoms with van der Waals surface area (Å²) in [5.41, 5.74) is 0. The predicted molar refractivity (Wildman–Crippen MR) is 114 cm³/mol. The standard InChI is InChI=1S/C20H30O9.C2H4O/c1-7-17(9-19(27-15(5)23)11-25-13(3)21)29-18(8-2)10-20(28-16(6)24)12-26-14(4)22;1-2-3/h7-8,17-20H,1-2,9-12H2,3-6H3;2H,1H3. The number of carbonyl (C=O) groups excluding carboxylic acids is 5. The van der Waals surface area contributed by atoms with E-state index in [9.17, 15) is 19.2 Å². The number of carbonyl (C=O) groups is 5. The largest absolute Gasteiger partial charge is 0.462 e. The van der Waals surface area contributed by atoms with Gasteiger partial charge in [0, 0.05) is 40.5 Å². The van der Waals surface area contributed by atoms with Crippen molar-refractivity contribution in [1.29, 1.82) is 0 Å². The van der Waals surface area contributed by atoms with Crippen molar-refractivity contribution in [3.8, 4) is 0 Å². The lowest BCUT2D eigenvalue weighted by molar-refractivity contribution is -0.160. The Kier molecular flexibility index (Phi) is 18.3. The van der Waals surface area contributed by atoms with E-state index in [1.165, 1.54) is 46.8 Å². The maximum atomic E-state index is 11.3. The highest BCUT2D eigenvalue weighted by molar-refractivity contribution is 5.67. The van der Waals surface area contributed by atoms with E-state index < -0.39 is 48.3 Å². The molecule has 0 fully saturated rings. The van der Waals surface area contributed by atoms with Crippen molar-refractivity contribution in [3.63, 3.8) is 0 Å². The van der Waals surface area contributed by atoms with Crippen LogP contribution in [0.25, 0.3) is 0 Å². The molecule has 0 saturated carbocycles. The normalized spacial score (nSPS) is 13.5. The summed E-state index contributed by atoms with van der Waals surface area (Å²) in [6.45, 7) is 13.6. The fourth-order valence-corrected chi connectivity index (χ4v) is 2.35. The Morgan fingerprint density at radius 1 is 0.719 bits per heavy atom. The first-order valence-electron chi connectivity index (χ1n) is 9.90. The Hall–Kier alpha value is -3.01. The van der Waals surface area contributed by atoms with Crippen molar-refractivity contribution >= 4 is 30.2 Å². The predicted octanol–water partition coefficient (Wildman–Crippen LogP) is 2.09. The van der Waals surface area contributed by atoms with Crippen LogP contribution >= 0.6 is 0 Å². The molecule has 0 spiro atoms. The second kappa shape index (κ2) is 18.7. The van der Waals surface area contributed by atoms with E-state index in [0.29, 0.717) is 0 Å². The molecule has 0 bridgehead atoms. The van der Waals surface area contributed by atoms with E-state index >= 15 is 0 Å². The van der Waals surface area contributed by atoms with Gasteiger partial charge in [0.2, 0.25) is 0 Å². The van der Waals surface area contributed by atoms with Crippen LogP contribution < -0.4 is 0 Å². The van der Waals surface area contributed by atoms with Gasteiger partial charge in [-0.05, 0) is 6.92 Å². The van der Waals surface area contributed by atoms with Gasteiger partial charge in [0.25, 0.3) is 0 Å². The van der Waals surface area contributed by atoms with E-state index in [4.69, 9.17) is 28.5 Å². The Labute approximate surface area is 188 Å². The first-order valence-corrected chi connectivity index (χ1v) is 9.90. The molecule has 0 radical (unpaired) electrons. The molecule has 0 aromatic heterocycles. The molecule has 0 aromatic rings. The minimum atomic E-state index is -0.727. The van der Waals surface area contributed by atoms with Crippen molar-refractivity contribution < 1.29 is 47.7 Å². The molecule has 0 aliphatic heterocycles. The van der Waals surface area contributed by atoms with Crippen molar-refractivity contribution in [2.24, 2.45) is 0 Å². The minimum Gasteiger partial charge on any atom is -0.462 e. The maximum absolute atomic E-state index is 11.3. The second-order valence-electron chi connectivity index (χ2n) is 6.46. The highest BCUT2D eigenvalue weighted by atomic mass is 16.6. The lowest BCUT2D eigenvalue weighted by atomic mass is 10.1. The third-order valence-corrected chi connectivity index (χ3v) is 3.48. The summed E-state index contributed by atoms with van der Waals surface area (Å²) in [7, 11) is 0. The first-order chi connectivity index (χ1) is 15.0. The molecule has 0 aliphatic rings. The van der Waals surface area contributed by atoms with E-state index in [2.05, 4.69) is 13.2 Å². The molecule has 182 valence electrons. The number of aldehydes is 1. The van der Waals surface area contributed by atoms with E-state index in [1.807, 2.05) is 0 Å². The Balaban J connectivity index is 0. The number of esters is 4. The minimum absolute atomic E-state index is 0.121. The van der Waals surface area contributed by atoms with Crippen LogP contribution in [0.4, 0.5) is 0 Å². The topological polar surface area (TPSA) is 132 Å². The summed E-state index contributed by atoms with van der Waals surface area (Å²) in [6.07, 6.45) is 1.52. The molecule has 0 amide bonds. The van der Waals surface area contributed by atoms with E-state index in [-0.39, 0.29) is 26.1 Å². The summed E-state index contributed by atoms with van der Waals surface area (Å²) < 4.78 is 26.0. The molecular weight excluding hydrogens is 424 g/mol. The quantitative estimate of drug-likeness (QED) is 0.165. The van der Waals surface area contributed by atoms with Gasteiger partial charge in [0.1, 0.15) is 31.7 Å². The third kappa shape index (κ3) is 19.0. The molecule has 4 atom stereocenters. The van der Waals surface area contributed by atoms with Gasteiger partial charge in [-0.25, -0.2) is 0 Å². The average Bonchev–Trinajstić information content (AvgIpc) is 2.68. The molecular formula is C22H34O10. The van der Waals surface area contributed by atoms with Crippen LogP contribution in [-0.4, -0.2) is 67.8 Å². The number of ether oxygens (including phenoxy) is 5. The van der Waals surface area contributed by atoms with Gasteiger partial charge < -0.3 is 28.5 Å². The number of hydrogen-bond donors (Lipinski definition) is 0. The zero-order chi connectivity index (χ0) is 25.1. The van der Waals surface area contributed by atoms with Crippen LogP contribution in [0.2, 0.25) is 0 Å². The molecule has 0 aromatic carbocycles. The van der Waals surface area contributed by atoms with Gasteiger partial charge in [-0.1, -0.05) is 12.2 Å². The average molecular weight is 459 g/mol. The molecule has 10 nitrogen and oxygen atoms in total. The maximum Gasteiger partial charge on any atom is 0.303 e. The van der Waals surface area contributed by atoms with E-state index in [1.54, 1.807) is 0 Å². The Bertz CT molecular complexity index is 578. The summed E-state index contributed by atoms with van der Waals surface area (Å²) >= 11 is 0. The fourth-order valence-electron chi connectivity index (χ4n) is 2.35. The molecule has 32 heavy (non-hydrogen) atoms. The highest BCUT2D eigenvalue weighted by Crippen LogP contribution is 2.16. The molecule has 0 N–H and O–H groups in total. The van der Waals surface area contributed by atoms with Crippen LogP contribution in [0.5, 0.6) is 0 Å². The Morgan fingerprint density at radius 3 is 1.25 bits per heavy atom. The van der Waals surface area contributed by atoms with Gasteiger partial charge in [-0.3, -0.25) is 19.2 Å². The zero-order valence-corrected chi connectivity index (χ0v) is 19.4. The van der Waals surface area contributed by atoms with E-state index in [0.717, 1.165) is 6.29 Å². The fraction of sp³-hybridized carbons (Fsp3) is 0.591. The molecule has 0 heterocycles. The van der Waals surface area contributed by atoms with Crippen LogP contribution in [0.1, 0.15) is 47.5 Å². The van der Waals surface area contributed by atoms with Crippen LogP contribution in [0, 0.1) is 0 Å². The van der Waals surface area contributed by atoms with Gasteiger partial charge in [-0.15, -0.1) is 13.2 Å². The number of hydrogen-bond acceptors (Lipinski definition) is 10. The van der Waals surface area contributed by atoms with Gasteiger partial charge in [0.15, 0.2) is 0 Å². The molecule has 0 saturated heterocycles. The SMILES string of the molecule is C=CC(CC(COC(C)=O)OC(C)=O)OC(C=C)CC(COC(C)=O)OC(C)=O.CC=O. The molecule has 0 rings (SSSR count). The lowest BCUT2D eigenvalue weighted by Gasteiger charge is -2.26. The third-order valence-electron chi connectivity index (χ3n) is 3.48. The summed E-state index contributed by atoms with van der Waals surface area (Å²) in [6, 6.07) is 0. The number of rotatable bonds is 14. The van der Waals surface area contributed by atoms with Crippen molar-refractivity contribution in [2.75, 3.05) is 13.2 Å². The molecule has 0 aliphatic carbocycles. The van der Waals surface area contributed by atoms with Crippen LogP contribution in [0.3, 0.4) is 0 Å². The van der Waals surface area contributed by atoms with Gasteiger partial charge >= 0.3 is 23.9 Å².